The predicted molar refractivity (Wildman–Crippen MR) is 117 cm³/mol. The third kappa shape index (κ3) is 3.54. The van der Waals surface area contributed by atoms with Crippen LogP contribution in [0.4, 0.5) is 0 Å². The number of pyridine rings is 1. The Labute approximate surface area is 179 Å². The van der Waals surface area contributed by atoms with Crippen LogP contribution in [0.1, 0.15) is 46.2 Å². The Morgan fingerprint density at radius 2 is 1.77 bits per heavy atom. The van der Waals surface area contributed by atoms with Gasteiger partial charge >= 0.3 is 11.9 Å². The van der Waals surface area contributed by atoms with Gasteiger partial charge in [0.2, 0.25) is 0 Å². The van der Waals surface area contributed by atoms with Gasteiger partial charge in [0.15, 0.2) is 5.43 Å². The van der Waals surface area contributed by atoms with Crippen LogP contribution in [0.5, 0.6) is 0 Å². The SMILES string of the molecule is COC(=O)c1cc2c(cc1-c1ccccc1)CC(C(C)C)n1cc(C(=O)O)c(=O)cc1-2. The standard InChI is InChI=1S/C25H23NO5/c1-14(2)21-10-16-9-17(15-7-5-4-6-8-15)19(25(30)31-3)11-18(16)22-12-23(27)20(24(28)29)13-26(21)22/h4-9,11-14,21H,10H2,1-3H3,(H,28,29). The average Bonchev–Trinajstić information content (AvgIpc) is 2.77. The first-order valence-electron chi connectivity index (χ1n) is 10.1. The summed E-state index contributed by atoms with van der Waals surface area (Å²) in [4.78, 5) is 36.7. The molecule has 2 aromatic carbocycles. The number of hydrogen-bond donors (Lipinski definition) is 1. The quantitative estimate of drug-likeness (QED) is 0.635. The second-order valence-electron chi connectivity index (χ2n) is 8.08. The minimum Gasteiger partial charge on any atom is -0.477 e. The molecule has 1 aliphatic rings. The van der Waals surface area contributed by atoms with Crippen LogP contribution in [-0.4, -0.2) is 28.7 Å². The summed E-state index contributed by atoms with van der Waals surface area (Å²) >= 11 is 0. The Morgan fingerprint density at radius 3 is 2.39 bits per heavy atom. The van der Waals surface area contributed by atoms with Crippen molar-refractivity contribution in [3.8, 4) is 22.4 Å². The normalized spacial score (nSPS) is 14.6. The number of nitrogens with zero attached hydrogens (tertiary/aromatic N) is 1. The number of aromatic carboxylic acids is 1. The van der Waals surface area contributed by atoms with Gasteiger partial charge in [-0.25, -0.2) is 9.59 Å². The molecule has 3 aromatic rings. The highest BCUT2D eigenvalue weighted by Crippen LogP contribution is 2.40. The molecule has 0 bridgehead atoms. The van der Waals surface area contributed by atoms with E-state index in [1.54, 1.807) is 6.07 Å². The number of carboxylic acid groups (broad SMARTS) is 1. The average molecular weight is 417 g/mol. The fourth-order valence-corrected chi connectivity index (χ4v) is 4.27. The fraction of sp³-hybridized carbons (Fsp3) is 0.240. The molecular formula is C25H23NO5. The maximum atomic E-state index is 12.6. The minimum absolute atomic E-state index is 0.0196. The molecule has 0 saturated carbocycles. The van der Waals surface area contributed by atoms with E-state index in [2.05, 4.69) is 13.8 Å². The zero-order valence-corrected chi connectivity index (χ0v) is 17.6. The Kier molecular flexibility index (Phi) is 5.23. The third-order valence-corrected chi connectivity index (χ3v) is 5.88. The van der Waals surface area contributed by atoms with E-state index >= 15 is 0 Å². The molecule has 0 aliphatic carbocycles. The summed E-state index contributed by atoms with van der Waals surface area (Å²) in [5.74, 6) is -1.51. The van der Waals surface area contributed by atoms with Crippen molar-refractivity contribution in [3.63, 3.8) is 0 Å². The second-order valence-corrected chi connectivity index (χ2v) is 8.08. The van der Waals surface area contributed by atoms with E-state index in [0.717, 1.165) is 22.3 Å². The van der Waals surface area contributed by atoms with Crippen LogP contribution in [0.3, 0.4) is 0 Å². The van der Waals surface area contributed by atoms with Crippen LogP contribution >= 0.6 is 0 Å². The number of carbonyl (C=O) groups excluding carboxylic acids is 1. The predicted octanol–water partition coefficient (Wildman–Crippen LogP) is 4.42. The number of fused-ring (bicyclic) bond motifs is 3. The van der Waals surface area contributed by atoms with Gasteiger partial charge in [0.05, 0.1) is 18.4 Å². The third-order valence-electron chi connectivity index (χ3n) is 5.88. The summed E-state index contributed by atoms with van der Waals surface area (Å²) < 4.78 is 6.89. The molecule has 6 nitrogen and oxygen atoms in total. The van der Waals surface area contributed by atoms with Gasteiger partial charge < -0.3 is 14.4 Å². The van der Waals surface area contributed by atoms with Crippen LogP contribution in [0, 0.1) is 5.92 Å². The molecule has 1 aromatic heterocycles. The van der Waals surface area contributed by atoms with Gasteiger partial charge in [-0.15, -0.1) is 0 Å². The number of esters is 1. The van der Waals surface area contributed by atoms with Gasteiger partial charge in [-0.3, -0.25) is 4.79 Å². The first kappa shape index (κ1) is 20.6. The summed E-state index contributed by atoms with van der Waals surface area (Å²) in [5.41, 5.74) is 3.62. The molecular weight excluding hydrogens is 394 g/mol. The van der Waals surface area contributed by atoms with Crippen molar-refractivity contribution >= 4 is 11.9 Å². The summed E-state index contributed by atoms with van der Waals surface area (Å²) in [5, 5.41) is 9.42. The highest BCUT2D eigenvalue weighted by molar-refractivity contribution is 5.99. The van der Waals surface area contributed by atoms with Gasteiger partial charge in [0, 0.05) is 23.9 Å². The Hall–Kier alpha value is -3.67. The van der Waals surface area contributed by atoms with Crippen molar-refractivity contribution in [1.82, 2.24) is 4.57 Å². The lowest BCUT2D eigenvalue weighted by Crippen LogP contribution is -2.28. The van der Waals surface area contributed by atoms with Gasteiger partial charge in [-0.2, -0.15) is 0 Å². The number of methoxy groups -OCH3 is 1. The smallest absolute Gasteiger partial charge is 0.341 e. The molecule has 31 heavy (non-hydrogen) atoms. The molecule has 1 aliphatic heterocycles. The summed E-state index contributed by atoms with van der Waals surface area (Å²) in [6, 6.07) is 14.7. The van der Waals surface area contributed by atoms with Crippen LogP contribution in [0.2, 0.25) is 0 Å². The molecule has 6 heteroatoms. The molecule has 158 valence electrons. The Morgan fingerprint density at radius 1 is 1.06 bits per heavy atom. The number of aromatic nitrogens is 1. The van der Waals surface area contributed by atoms with E-state index in [4.69, 9.17) is 4.74 Å². The van der Waals surface area contributed by atoms with Gasteiger partial charge in [0.1, 0.15) is 5.56 Å². The fourth-order valence-electron chi connectivity index (χ4n) is 4.27. The largest absolute Gasteiger partial charge is 0.477 e. The number of rotatable bonds is 4. The maximum Gasteiger partial charge on any atom is 0.341 e. The number of carboxylic acids is 1. The van der Waals surface area contributed by atoms with Crippen molar-refractivity contribution in [2.45, 2.75) is 26.3 Å². The Balaban J connectivity index is 2.02. The van der Waals surface area contributed by atoms with Gasteiger partial charge in [0.25, 0.3) is 0 Å². The van der Waals surface area contributed by atoms with E-state index in [9.17, 15) is 19.5 Å². The summed E-state index contributed by atoms with van der Waals surface area (Å²) in [6.45, 7) is 4.14. The van der Waals surface area contributed by atoms with Crippen LogP contribution in [-0.2, 0) is 11.2 Å². The molecule has 4 rings (SSSR count). The number of benzene rings is 2. The number of ether oxygens (including phenoxy) is 1. The highest BCUT2D eigenvalue weighted by Gasteiger charge is 2.30. The van der Waals surface area contributed by atoms with Crippen molar-refractivity contribution < 1.29 is 19.4 Å². The molecule has 1 atom stereocenters. The lowest BCUT2D eigenvalue weighted by atomic mass is 9.84. The minimum atomic E-state index is -1.25. The Bertz CT molecular complexity index is 1240. The van der Waals surface area contributed by atoms with Crippen LogP contribution < -0.4 is 5.43 Å². The van der Waals surface area contributed by atoms with Crippen LogP contribution in [0.25, 0.3) is 22.4 Å². The molecule has 0 spiro atoms. The van der Waals surface area contributed by atoms with Crippen LogP contribution in [0.15, 0.2) is 59.5 Å². The molecule has 1 unspecified atom stereocenters. The lowest BCUT2D eigenvalue weighted by Gasteiger charge is -2.34. The number of hydrogen-bond acceptors (Lipinski definition) is 4. The van der Waals surface area contributed by atoms with Crippen molar-refractivity contribution in [3.05, 3.63) is 81.6 Å². The maximum absolute atomic E-state index is 12.6. The molecule has 1 N–H and O–H groups in total. The molecule has 2 heterocycles. The van der Waals surface area contributed by atoms with E-state index in [1.165, 1.54) is 19.4 Å². The van der Waals surface area contributed by atoms with Gasteiger partial charge in [-0.05, 0) is 41.2 Å². The lowest BCUT2D eigenvalue weighted by molar-refractivity contribution is 0.0600. The highest BCUT2D eigenvalue weighted by atomic mass is 16.5. The number of carbonyl (C=O) groups is 2. The zero-order valence-electron chi connectivity index (χ0n) is 17.6. The first-order chi connectivity index (χ1) is 14.8. The molecule has 0 radical (unpaired) electrons. The van der Waals surface area contributed by atoms with E-state index in [0.29, 0.717) is 17.7 Å². The molecule has 0 saturated heterocycles. The monoisotopic (exact) mass is 417 g/mol. The van der Waals surface area contributed by atoms with Crippen molar-refractivity contribution in [2.24, 2.45) is 5.92 Å². The van der Waals surface area contributed by atoms with Gasteiger partial charge in [-0.1, -0.05) is 44.2 Å². The van der Waals surface area contributed by atoms with E-state index in [-0.39, 0.29) is 17.5 Å². The topological polar surface area (TPSA) is 85.6 Å². The molecule has 0 amide bonds. The summed E-state index contributed by atoms with van der Waals surface area (Å²) in [7, 11) is 1.34. The van der Waals surface area contributed by atoms with Crippen molar-refractivity contribution in [1.29, 1.82) is 0 Å². The second kappa shape index (κ2) is 7.87. The summed E-state index contributed by atoms with van der Waals surface area (Å²) in [6.07, 6.45) is 2.08. The first-order valence-corrected chi connectivity index (χ1v) is 10.1. The van der Waals surface area contributed by atoms with E-state index < -0.39 is 17.4 Å². The molecule has 0 fully saturated rings. The van der Waals surface area contributed by atoms with E-state index in [1.807, 2.05) is 41.0 Å². The van der Waals surface area contributed by atoms with Crippen molar-refractivity contribution in [2.75, 3.05) is 7.11 Å². The zero-order chi connectivity index (χ0) is 22.3.